The third-order valence-electron chi connectivity index (χ3n) is 3.16. The van der Waals surface area contributed by atoms with Crippen LogP contribution in [-0.4, -0.2) is 12.4 Å². The van der Waals surface area contributed by atoms with E-state index >= 15 is 0 Å². The van der Waals surface area contributed by atoms with Crippen LogP contribution in [-0.2, 0) is 0 Å². The molecule has 3 heteroatoms. The molecule has 20 heavy (non-hydrogen) atoms. The SMILES string of the molecule is CCOc1ccccc1C(=O)c1cccc2ccsc12. The molecule has 0 spiro atoms. The van der Waals surface area contributed by atoms with Crippen LogP contribution in [0.3, 0.4) is 0 Å². The second kappa shape index (κ2) is 5.47. The lowest BCUT2D eigenvalue weighted by Crippen LogP contribution is -2.05. The quantitative estimate of drug-likeness (QED) is 0.657. The molecule has 3 rings (SSSR count). The highest BCUT2D eigenvalue weighted by molar-refractivity contribution is 7.17. The van der Waals surface area contributed by atoms with Crippen molar-refractivity contribution in [3.05, 3.63) is 65.0 Å². The molecule has 2 nitrogen and oxygen atoms in total. The van der Waals surface area contributed by atoms with Crippen molar-refractivity contribution >= 4 is 27.2 Å². The van der Waals surface area contributed by atoms with Gasteiger partial charge in [0.05, 0.1) is 12.2 Å². The number of hydrogen-bond donors (Lipinski definition) is 0. The number of para-hydroxylation sites is 1. The second-order valence-electron chi connectivity index (χ2n) is 4.40. The standard InChI is InChI=1S/C17H14O2S/c1-2-19-15-9-4-3-7-13(15)16(18)14-8-5-6-12-10-11-20-17(12)14/h3-11H,2H2,1H3. The van der Waals surface area contributed by atoms with Crippen molar-refractivity contribution < 1.29 is 9.53 Å². The van der Waals surface area contributed by atoms with Crippen LogP contribution >= 0.6 is 11.3 Å². The molecule has 0 atom stereocenters. The number of fused-ring (bicyclic) bond motifs is 1. The van der Waals surface area contributed by atoms with Gasteiger partial charge in [0.1, 0.15) is 5.75 Å². The number of carbonyl (C=O) groups excluding carboxylic acids is 1. The maximum absolute atomic E-state index is 12.8. The van der Waals surface area contributed by atoms with Crippen LogP contribution in [0, 0.1) is 0 Å². The van der Waals surface area contributed by atoms with Crippen LogP contribution < -0.4 is 4.74 Å². The number of ether oxygens (including phenoxy) is 1. The maximum Gasteiger partial charge on any atom is 0.198 e. The smallest absolute Gasteiger partial charge is 0.198 e. The van der Waals surface area contributed by atoms with Gasteiger partial charge in [-0.15, -0.1) is 11.3 Å². The van der Waals surface area contributed by atoms with Gasteiger partial charge in [0.25, 0.3) is 0 Å². The molecule has 3 aromatic rings. The minimum atomic E-state index is 0.0158. The van der Waals surface area contributed by atoms with Gasteiger partial charge in [0, 0.05) is 10.3 Å². The van der Waals surface area contributed by atoms with Gasteiger partial charge < -0.3 is 4.74 Å². The fourth-order valence-corrected chi connectivity index (χ4v) is 3.16. The predicted molar refractivity (Wildman–Crippen MR) is 82.9 cm³/mol. The zero-order valence-corrected chi connectivity index (χ0v) is 11.9. The molecule has 2 aromatic carbocycles. The van der Waals surface area contributed by atoms with E-state index in [4.69, 9.17) is 4.74 Å². The summed E-state index contributed by atoms with van der Waals surface area (Å²) in [6.45, 7) is 2.47. The Labute approximate surface area is 121 Å². The molecule has 0 aliphatic heterocycles. The lowest BCUT2D eigenvalue weighted by Gasteiger charge is -2.09. The largest absolute Gasteiger partial charge is 0.493 e. The van der Waals surface area contributed by atoms with E-state index in [0.717, 1.165) is 15.6 Å². The van der Waals surface area contributed by atoms with E-state index in [2.05, 4.69) is 0 Å². The predicted octanol–water partition coefficient (Wildman–Crippen LogP) is 4.53. The topological polar surface area (TPSA) is 26.3 Å². The van der Waals surface area contributed by atoms with Crippen LogP contribution in [0.2, 0.25) is 0 Å². The molecule has 0 bridgehead atoms. The third-order valence-corrected chi connectivity index (χ3v) is 4.12. The number of rotatable bonds is 4. The van der Waals surface area contributed by atoms with Crippen LogP contribution in [0.4, 0.5) is 0 Å². The molecule has 1 heterocycles. The first-order valence-corrected chi connectivity index (χ1v) is 7.42. The van der Waals surface area contributed by atoms with Crippen LogP contribution in [0.5, 0.6) is 5.75 Å². The summed E-state index contributed by atoms with van der Waals surface area (Å²) in [7, 11) is 0. The zero-order chi connectivity index (χ0) is 13.9. The fourth-order valence-electron chi connectivity index (χ4n) is 2.25. The molecule has 1 aromatic heterocycles. The Morgan fingerprint density at radius 3 is 2.70 bits per heavy atom. The molecule has 0 aliphatic rings. The summed E-state index contributed by atoms with van der Waals surface area (Å²) in [6.07, 6.45) is 0. The second-order valence-corrected chi connectivity index (χ2v) is 5.32. The summed E-state index contributed by atoms with van der Waals surface area (Å²) < 4.78 is 6.59. The van der Waals surface area contributed by atoms with E-state index in [1.54, 1.807) is 11.3 Å². The van der Waals surface area contributed by atoms with Crippen molar-refractivity contribution in [1.29, 1.82) is 0 Å². The van der Waals surface area contributed by atoms with E-state index in [1.807, 2.05) is 60.8 Å². The van der Waals surface area contributed by atoms with Crippen molar-refractivity contribution in [2.75, 3.05) is 6.61 Å². The molecular formula is C17H14O2S. The average molecular weight is 282 g/mol. The Kier molecular flexibility index (Phi) is 3.52. The van der Waals surface area contributed by atoms with E-state index < -0.39 is 0 Å². The summed E-state index contributed by atoms with van der Waals surface area (Å²) in [5.41, 5.74) is 1.36. The Morgan fingerprint density at radius 1 is 1.05 bits per heavy atom. The molecule has 0 unspecified atom stereocenters. The monoisotopic (exact) mass is 282 g/mol. The first kappa shape index (κ1) is 12.9. The minimum Gasteiger partial charge on any atom is -0.493 e. The summed E-state index contributed by atoms with van der Waals surface area (Å²) in [5, 5.41) is 3.12. The molecule has 0 aliphatic carbocycles. The number of benzene rings is 2. The van der Waals surface area contributed by atoms with Gasteiger partial charge in [-0.3, -0.25) is 4.79 Å². The van der Waals surface area contributed by atoms with Gasteiger partial charge in [-0.05, 0) is 42.0 Å². The van der Waals surface area contributed by atoms with Gasteiger partial charge in [0.2, 0.25) is 0 Å². The zero-order valence-electron chi connectivity index (χ0n) is 11.1. The average Bonchev–Trinajstić information content (AvgIpc) is 2.96. The highest BCUT2D eigenvalue weighted by Crippen LogP contribution is 2.29. The molecule has 0 amide bonds. The molecule has 0 N–H and O–H groups in total. The van der Waals surface area contributed by atoms with Gasteiger partial charge in [-0.25, -0.2) is 0 Å². The van der Waals surface area contributed by atoms with Crippen LogP contribution in [0.25, 0.3) is 10.1 Å². The van der Waals surface area contributed by atoms with E-state index in [-0.39, 0.29) is 5.78 Å². The minimum absolute atomic E-state index is 0.0158. The Hall–Kier alpha value is -2.13. The molecule has 0 saturated carbocycles. The van der Waals surface area contributed by atoms with E-state index in [1.165, 1.54) is 0 Å². The highest BCUT2D eigenvalue weighted by Gasteiger charge is 2.16. The summed E-state index contributed by atoms with van der Waals surface area (Å²) in [5.74, 6) is 0.663. The Morgan fingerprint density at radius 2 is 1.85 bits per heavy atom. The number of hydrogen-bond acceptors (Lipinski definition) is 3. The van der Waals surface area contributed by atoms with Crippen molar-refractivity contribution in [2.24, 2.45) is 0 Å². The third kappa shape index (κ3) is 2.21. The van der Waals surface area contributed by atoms with Crippen molar-refractivity contribution in [3.8, 4) is 5.75 Å². The normalized spacial score (nSPS) is 10.7. The molecule has 100 valence electrons. The van der Waals surface area contributed by atoms with Gasteiger partial charge in [0.15, 0.2) is 5.78 Å². The number of thiophene rings is 1. The lowest BCUT2D eigenvalue weighted by atomic mass is 10.0. The van der Waals surface area contributed by atoms with Crippen molar-refractivity contribution in [1.82, 2.24) is 0 Å². The van der Waals surface area contributed by atoms with Gasteiger partial charge in [-0.1, -0.05) is 24.3 Å². The highest BCUT2D eigenvalue weighted by atomic mass is 32.1. The molecule has 0 saturated heterocycles. The lowest BCUT2D eigenvalue weighted by molar-refractivity contribution is 0.103. The van der Waals surface area contributed by atoms with Crippen molar-refractivity contribution in [2.45, 2.75) is 6.92 Å². The van der Waals surface area contributed by atoms with Crippen LogP contribution in [0.1, 0.15) is 22.8 Å². The van der Waals surface area contributed by atoms with Gasteiger partial charge in [-0.2, -0.15) is 0 Å². The fraction of sp³-hybridized carbons (Fsp3) is 0.118. The molecule has 0 fully saturated rings. The first-order chi connectivity index (χ1) is 9.81. The Balaban J connectivity index is 2.11. The van der Waals surface area contributed by atoms with Crippen LogP contribution in [0.15, 0.2) is 53.9 Å². The molecule has 0 radical (unpaired) electrons. The maximum atomic E-state index is 12.8. The Bertz CT molecular complexity index is 758. The summed E-state index contributed by atoms with van der Waals surface area (Å²) in [4.78, 5) is 12.8. The van der Waals surface area contributed by atoms with E-state index in [0.29, 0.717) is 17.9 Å². The summed E-state index contributed by atoms with van der Waals surface area (Å²) >= 11 is 1.59. The number of ketones is 1. The first-order valence-electron chi connectivity index (χ1n) is 6.54. The van der Waals surface area contributed by atoms with E-state index in [9.17, 15) is 4.79 Å². The number of carbonyl (C=O) groups is 1. The van der Waals surface area contributed by atoms with Gasteiger partial charge >= 0.3 is 0 Å². The summed E-state index contributed by atoms with van der Waals surface area (Å²) in [6, 6.07) is 15.3. The molecular weight excluding hydrogens is 268 g/mol. The van der Waals surface area contributed by atoms with Crippen molar-refractivity contribution in [3.63, 3.8) is 0 Å².